The third kappa shape index (κ3) is 3.62. The van der Waals surface area contributed by atoms with E-state index in [4.69, 9.17) is 4.74 Å². The average Bonchev–Trinajstić information content (AvgIpc) is 3.24. The first-order valence-corrected chi connectivity index (χ1v) is 8.55. The topological polar surface area (TPSA) is 84.0 Å². The van der Waals surface area contributed by atoms with Gasteiger partial charge in [0.05, 0.1) is 37.2 Å². The molecule has 1 aliphatic rings. The minimum absolute atomic E-state index is 0.0583. The molecule has 1 aliphatic heterocycles. The summed E-state index contributed by atoms with van der Waals surface area (Å²) in [4.78, 5) is 23.3. The van der Waals surface area contributed by atoms with E-state index in [9.17, 15) is 4.79 Å². The zero-order chi connectivity index (χ0) is 17.8. The lowest BCUT2D eigenvalue weighted by molar-refractivity contribution is -0.138. The number of H-pyrrole nitrogens is 1. The number of nitrogens with one attached hydrogen (secondary N) is 1. The van der Waals surface area contributed by atoms with Crippen LogP contribution < -0.4 is 0 Å². The number of nitrogens with zero attached hydrogens (tertiary/aromatic N) is 4. The molecule has 3 aromatic heterocycles. The van der Waals surface area contributed by atoms with Crippen LogP contribution in [0.1, 0.15) is 17.5 Å². The van der Waals surface area contributed by atoms with Crippen molar-refractivity contribution in [1.82, 2.24) is 25.1 Å². The van der Waals surface area contributed by atoms with Crippen molar-refractivity contribution < 1.29 is 9.53 Å². The molecular formula is C19H19N5O2. The van der Waals surface area contributed by atoms with Gasteiger partial charge in [-0.05, 0) is 24.3 Å². The molecule has 0 aromatic carbocycles. The largest absolute Gasteiger partial charge is 0.368 e. The number of hydrogen-bond donors (Lipinski definition) is 1. The lowest BCUT2D eigenvalue weighted by atomic mass is 10.1. The van der Waals surface area contributed by atoms with Crippen molar-refractivity contribution in [3.63, 3.8) is 0 Å². The minimum atomic E-state index is -0.233. The molecule has 1 N–H and O–H groups in total. The molecule has 0 spiro atoms. The summed E-state index contributed by atoms with van der Waals surface area (Å²) in [5, 5.41) is 6.75. The van der Waals surface area contributed by atoms with E-state index >= 15 is 0 Å². The fourth-order valence-electron chi connectivity index (χ4n) is 3.01. The molecule has 7 heteroatoms. The van der Waals surface area contributed by atoms with Crippen molar-refractivity contribution in [3.05, 3.63) is 66.4 Å². The van der Waals surface area contributed by atoms with Crippen LogP contribution in [0.4, 0.5) is 0 Å². The van der Waals surface area contributed by atoms with Crippen LogP contribution in [-0.2, 0) is 16.0 Å². The van der Waals surface area contributed by atoms with Gasteiger partial charge in [-0.2, -0.15) is 5.10 Å². The van der Waals surface area contributed by atoms with E-state index in [0.717, 1.165) is 22.6 Å². The molecule has 1 fully saturated rings. The van der Waals surface area contributed by atoms with Gasteiger partial charge in [0.1, 0.15) is 6.10 Å². The number of carbonyl (C=O) groups is 1. The lowest BCUT2D eigenvalue weighted by Crippen LogP contribution is -2.43. The van der Waals surface area contributed by atoms with Gasteiger partial charge in [-0.15, -0.1) is 0 Å². The number of hydrogen-bond acceptors (Lipinski definition) is 5. The van der Waals surface area contributed by atoms with E-state index in [-0.39, 0.29) is 12.0 Å². The number of ether oxygens (including phenoxy) is 1. The lowest BCUT2D eigenvalue weighted by Gasteiger charge is -2.32. The fourth-order valence-corrected chi connectivity index (χ4v) is 3.01. The fraction of sp³-hybridized carbons (Fsp3) is 0.263. The van der Waals surface area contributed by atoms with Gasteiger partial charge in [-0.3, -0.25) is 14.9 Å². The van der Waals surface area contributed by atoms with Crippen molar-refractivity contribution in [2.24, 2.45) is 0 Å². The molecule has 1 saturated heterocycles. The Morgan fingerprint density at radius 3 is 3.04 bits per heavy atom. The predicted molar refractivity (Wildman–Crippen MR) is 95.0 cm³/mol. The quantitative estimate of drug-likeness (QED) is 0.779. The molecule has 1 amide bonds. The third-order valence-corrected chi connectivity index (χ3v) is 4.37. The van der Waals surface area contributed by atoms with Gasteiger partial charge in [0.15, 0.2) is 0 Å². The molecule has 132 valence electrons. The third-order valence-electron chi connectivity index (χ3n) is 4.37. The highest BCUT2D eigenvalue weighted by molar-refractivity contribution is 5.78. The number of carbonyl (C=O) groups excluding carboxylic acids is 1. The maximum absolute atomic E-state index is 12.6. The van der Waals surface area contributed by atoms with Gasteiger partial charge in [0.2, 0.25) is 5.91 Å². The first-order valence-electron chi connectivity index (χ1n) is 8.55. The molecule has 1 atom stereocenters. The number of amides is 1. The van der Waals surface area contributed by atoms with Gasteiger partial charge in [-0.25, -0.2) is 4.98 Å². The van der Waals surface area contributed by atoms with E-state index in [1.807, 2.05) is 41.3 Å². The highest BCUT2D eigenvalue weighted by atomic mass is 16.5. The van der Waals surface area contributed by atoms with E-state index in [2.05, 4.69) is 20.2 Å². The summed E-state index contributed by atoms with van der Waals surface area (Å²) < 4.78 is 5.87. The SMILES string of the molecule is O=C(Cc1ccccn1)N1CCO[C@@H](c2cccc(-c3cn[nH]c3)n2)C1. The molecule has 0 unspecified atom stereocenters. The zero-order valence-electron chi connectivity index (χ0n) is 14.2. The van der Waals surface area contributed by atoms with E-state index < -0.39 is 0 Å². The first-order chi connectivity index (χ1) is 12.8. The van der Waals surface area contributed by atoms with Crippen molar-refractivity contribution in [2.45, 2.75) is 12.5 Å². The summed E-state index contributed by atoms with van der Waals surface area (Å²) in [5.41, 5.74) is 3.35. The summed E-state index contributed by atoms with van der Waals surface area (Å²) in [6.45, 7) is 1.58. The van der Waals surface area contributed by atoms with E-state index in [0.29, 0.717) is 26.1 Å². The van der Waals surface area contributed by atoms with E-state index in [1.165, 1.54) is 0 Å². The summed E-state index contributed by atoms with van der Waals surface area (Å²) in [6, 6.07) is 11.4. The second-order valence-electron chi connectivity index (χ2n) is 6.13. The van der Waals surface area contributed by atoms with Gasteiger partial charge in [-0.1, -0.05) is 12.1 Å². The van der Waals surface area contributed by atoms with Crippen molar-refractivity contribution in [2.75, 3.05) is 19.7 Å². The molecule has 0 radical (unpaired) electrons. The second kappa shape index (κ2) is 7.45. The highest BCUT2D eigenvalue weighted by Gasteiger charge is 2.26. The Balaban J connectivity index is 1.47. The highest BCUT2D eigenvalue weighted by Crippen LogP contribution is 2.24. The normalized spacial score (nSPS) is 17.2. The maximum Gasteiger partial charge on any atom is 0.228 e. The van der Waals surface area contributed by atoms with Gasteiger partial charge < -0.3 is 9.64 Å². The number of pyridine rings is 2. The molecular weight excluding hydrogens is 330 g/mol. The Morgan fingerprint density at radius 2 is 2.23 bits per heavy atom. The molecule has 0 aliphatic carbocycles. The molecule has 0 saturated carbocycles. The smallest absolute Gasteiger partial charge is 0.228 e. The minimum Gasteiger partial charge on any atom is -0.368 e. The second-order valence-corrected chi connectivity index (χ2v) is 6.13. The van der Waals surface area contributed by atoms with E-state index in [1.54, 1.807) is 18.6 Å². The van der Waals surface area contributed by atoms with Gasteiger partial charge >= 0.3 is 0 Å². The molecule has 4 heterocycles. The summed E-state index contributed by atoms with van der Waals surface area (Å²) in [6.07, 6.45) is 5.31. The standard InChI is InChI=1S/C19H19N5O2/c25-19(10-15-4-1-2-7-20-15)24-8-9-26-18(13-24)17-6-3-5-16(23-17)14-11-21-22-12-14/h1-7,11-12,18H,8-10,13H2,(H,21,22)/t18-/m1/s1. The number of morpholine rings is 1. The average molecular weight is 349 g/mol. The summed E-state index contributed by atoms with van der Waals surface area (Å²) in [7, 11) is 0. The Bertz CT molecular complexity index is 867. The molecule has 26 heavy (non-hydrogen) atoms. The van der Waals surface area contributed by atoms with Crippen molar-refractivity contribution >= 4 is 5.91 Å². The Kier molecular flexibility index (Phi) is 4.70. The molecule has 3 aromatic rings. The van der Waals surface area contributed by atoms with Crippen LogP contribution in [-0.4, -0.2) is 50.7 Å². The summed E-state index contributed by atoms with van der Waals surface area (Å²) in [5.74, 6) is 0.0583. The van der Waals surface area contributed by atoms with Crippen molar-refractivity contribution in [1.29, 1.82) is 0 Å². The zero-order valence-corrected chi connectivity index (χ0v) is 14.2. The Morgan fingerprint density at radius 1 is 1.27 bits per heavy atom. The van der Waals surface area contributed by atoms with Crippen LogP contribution in [0.25, 0.3) is 11.3 Å². The van der Waals surface area contributed by atoms with Gasteiger partial charge in [0, 0.05) is 30.2 Å². The van der Waals surface area contributed by atoms with Crippen LogP contribution >= 0.6 is 0 Å². The van der Waals surface area contributed by atoms with Crippen LogP contribution in [0.15, 0.2) is 55.0 Å². The molecule has 4 rings (SSSR count). The maximum atomic E-state index is 12.6. The van der Waals surface area contributed by atoms with Gasteiger partial charge in [0.25, 0.3) is 0 Å². The van der Waals surface area contributed by atoms with Crippen LogP contribution in [0.5, 0.6) is 0 Å². The van der Waals surface area contributed by atoms with Crippen LogP contribution in [0.3, 0.4) is 0 Å². The Labute approximate surface area is 151 Å². The number of rotatable bonds is 4. The predicted octanol–water partition coefficient (Wildman–Crippen LogP) is 2.01. The molecule has 7 nitrogen and oxygen atoms in total. The van der Waals surface area contributed by atoms with Crippen molar-refractivity contribution in [3.8, 4) is 11.3 Å². The van der Waals surface area contributed by atoms with Crippen LogP contribution in [0, 0.1) is 0 Å². The Hall–Kier alpha value is -3.06. The van der Waals surface area contributed by atoms with Crippen LogP contribution in [0.2, 0.25) is 0 Å². The number of aromatic nitrogens is 4. The summed E-state index contributed by atoms with van der Waals surface area (Å²) >= 11 is 0. The first kappa shape index (κ1) is 16.4. The molecule has 0 bridgehead atoms. The number of aromatic amines is 1. The monoisotopic (exact) mass is 349 g/mol.